The van der Waals surface area contributed by atoms with E-state index >= 15 is 0 Å². The van der Waals surface area contributed by atoms with Gasteiger partial charge in [0.25, 0.3) is 5.91 Å². The van der Waals surface area contributed by atoms with Crippen molar-refractivity contribution in [1.29, 1.82) is 0 Å². The molecule has 1 unspecified atom stereocenters. The number of hydrogen-bond donors (Lipinski definition) is 1. The Kier molecular flexibility index (Phi) is 5.18. The molecule has 0 fully saturated rings. The Morgan fingerprint density at radius 3 is 2.68 bits per heavy atom. The summed E-state index contributed by atoms with van der Waals surface area (Å²) >= 11 is 5.91. The molecule has 1 aromatic carbocycles. The van der Waals surface area contributed by atoms with Gasteiger partial charge in [-0.1, -0.05) is 18.5 Å². The van der Waals surface area contributed by atoms with E-state index in [-0.39, 0.29) is 34.8 Å². The Balaban J connectivity index is 2.82. The lowest BCUT2D eigenvalue weighted by atomic mass is 10.1. The predicted molar refractivity (Wildman–Crippen MR) is 71.3 cm³/mol. The van der Waals surface area contributed by atoms with Crippen molar-refractivity contribution >= 4 is 23.5 Å². The largest absolute Gasteiger partial charge is 0.508 e. The van der Waals surface area contributed by atoms with E-state index in [1.807, 2.05) is 0 Å². The number of nitrogens with zero attached hydrogens (tertiary/aromatic N) is 1. The molecule has 6 heteroatoms. The molecule has 5 nitrogen and oxygen atoms in total. The predicted octanol–water partition coefficient (Wildman–Crippen LogP) is 1.93. The fourth-order valence-electron chi connectivity index (χ4n) is 1.65. The average molecular weight is 286 g/mol. The quantitative estimate of drug-likeness (QED) is 0.859. The van der Waals surface area contributed by atoms with E-state index in [0.717, 1.165) is 0 Å². The second-order valence-corrected chi connectivity index (χ2v) is 4.68. The molecule has 0 aromatic heterocycles. The first-order chi connectivity index (χ1) is 8.86. The van der Waals surface area contributed by atoms with Gasteiger partial charge in [-0.2, -0.15) is 0 Å². The van der Waals surface area contributed by atoms with Crippen molar-refractivity contribution < 1.29 is 19.4 Å². The zero-order valence-corrected chi connectivity index (χ0v) is 11.8. The van der Waals surface area contributed by atoms with Crippen LogP contribution in [-0.4, -0.2) is 42.6 Å². The van der Waals surface area contributed by atoms with Gasteiger partial charge in [-0.3, -0.25) is 9.59 Å². The van der Waals surface area contributed by atoms with Crippen molar-refractivity contribution in [2.75, 3.05) is 20.7 Å². The molecule has 0 aliphatic heterocycles. The molecule has 1 atom stereocenters. The third-order valence-corrected chi connectivity index (χ3v) is 3.01. The van der Waals surface area contributed by atoms with Gasteiger partial charge in [0, 0.05) is 13.6 Å². The highest BCUT2D eigenvalue weighted by molar-refractivity contribution is 6.33. The molecule has 0 aliphatic rings. The molecule has 0 spiro atoms. The summed E-state index contributed by atoms with van der Waals surface area (Å²) in [6.45, 7) is 1.87. The van der Waals surface area contributed by atoms with Gasteiger partial charge in [0.05, 0.1) is 23.6 Å². The van der Waals surface area contributed by atoms with Crippen LogP contribution in [0.5, 0.6) is 5.75 Å². The number of methoxy groups -OCH3 is 1. The first kappa shape index (κ1) is 15.3. The monoisotopic (exact) mass is 285 g/mol. The number of halogens is 1. The second-order valence-electron chi connectivity index (χ2n) is 4.27. The van der Waals surface area contributed by atoms with Gasteiger partial charge >= 0.3 is 5.97 Å². The maximum atomic E-state index is 12.1. The van der Waals surface area contributed by atoms with Crippen LogP contribution in [0, 0.1) is 5.92 Å². The average Bonchev–Trinajstić information content (AvgIpc) is 2.39. The van der Waals surface area contributed by atoms with Crippen LogP contribution in [0.3, 0.4) is 0 Å². The summed E-state index contributed by atoms with van der Waals surface area (Å²) in [6, 6.07) is 4.14. The topological polar surface area (TPSA) is 66.8 Å². The number of amides is 1. The van der Waals surface area contributed by atoms with Crippen molar-refractivity contribution in [1.82, 2.24) is 4.90 Å². The number of rotatable bonds is 4. The summed E-state index contributed by atoms with van der Waals surface area (Å²) < 4.78 is 4.60. The molecule has 0 saturated carbocycles. The SMILES string of the molecule is COC(=O)C(C)CN(C)C(=O)c1cc(O)ccc1Cl. The molecule has 1 rings (SSSR count). The van der Waals surface area contributed by atoms with E-state index in [0.29, 0.717) is 0 Å². The van der Waals surface area contributed by atoms with Crippen LogP contribution in [0.1, 0.15) is 17.3 Å². The lowest BCUT2D eigenvalue weighted by Crippen LogP contribution is -2.34. The lowest BCUT2D eigenvalue weighted by molar-refractivity contribution is -0.145. The van der Waals surface area contributed by atoms with E-state index in [9.17, 15) is 14.7 Å². The number of aromatic hydroxyl groups is 1. The van der Waals surface area contributed by atoms with Crippen molar-refractivity contribution in [3.8, 4) is 5.75 Å². The van der Waals surface area contributed by atoms with Gasteiger partial charge in [-0.05, 0) is 18.2 Å². The third-order valence-electron chi connectivity index (χ3n) is 2.68. The highest BCUT2D eigenvalue weighted by atomic mass is 35.5. The van der Waals surface area contributed by atoms with Gasteiger partial charge in [0.15, 0.2) is 0 Å². The van der Waals surface area contributed by atoms with Crippen LogP contribution in [0.4, 0.5) is 0 Å². The Labute approximate surface area is 116 Å². The van der Waals surface area contributed by atoms with E-state index in [2.05, 4.69) is 4.74 Å². The van der Waals surface area contributed by atoms with E-state index in [4.69, 9.17) is 11.6 Å². The van der Waals surface area contributed by atoms with E-state index in [1.165, 1.54) is 30.2 Å². The van der Waals surface area contributed by atoms with Gasteiger partial charge < -0.3 is 14.7 Å². The molecule has 0 heterocycles. The highest BCUT2D eigenvalue weighted by Gasteiger charge is 2.21. The molecule has 1 N–H and O–H groups in total. The maximum absolute atomic E-state index is 12.1. The smallest absolute Gasteiger partial charge is 0.310 e. The van der Waals surface area contributed by atoms with Gasteiger partial charge in [-0.25, -0.2) is 0 Å². The number of carbonyl (C=O) groups is 2. The van der Waals surface area contributed by atoms with Crippen LogP contribution in [0.15, 0.2) is 18.2 Å². The molecular weight excluding hydrogens is 270 g/mol. The molecule has 19 heavy (non-hydrogen) atoms. The summed E-state index contributed by atoms with van der Waals surface area (Å²) in [7, 11) is 2.86. The summed E-state index contributed by atoms with van der Waals surface area (Å²) in [5, 5.41) is 9.62. The summed E-state index contributed by atoms with van der Waals surface area (Å²) in [6.07, 6.45) is 0. The Hall–Kier alpha value is -1.75. The summed E-state index contributed by atoms with van der Waals surface area (Å²) in [5.74, 6) is -1.23. The normalized spacial score (nSPS) is 11.8. The number of hydrogen-bond acceptors (Lipinski definition) is 4. The number of esters is 1. The first-order valence-corrected chi connectivity index (χ1v) is 6.06. The number of carbonyl (C=O) groups excluding carboxylic acids is 2. The Bertz CT molecular complexity index is 490. The van der Waals surface area contributed by atoms with Gasteiger partial charge in [-0.15, -0.1) is 0 Å². The molecule has 0 saturated heterocycles. The zero-order valence-electron chi connectivity index (χ0n) is 11.0. The fourth-order valence-corrected chi connectivity index (χ4v) is 1.85. The van der Waals surface area contributed by atoms with Crippen molar-refractivity contribution in [3.05, 3.63) is 28.8 Å². The molecular formula is C13H16ClNO4. The van der Waals surface area contributed by atoms with Crippen molar-refractivity contribution in [3.63, 3.8) is 0 Å². The van der Waals surface area contributed by atoms with Crippen molar-refractivity contribution in [2.45, 2.75) is 6.92 Å². The van der Waals surface area contributed by atoms with Crippen LogP contribution in [0.25, 0.3) is 0 Å². The standard InChI is InChI=1S/C13H16ClNO4/c1-8(13(18)19-3)7-15(2)12(17)10-6-9(16)4-5-11(10)14/h4-6,8,16H,7H2,1-3H3. The second kappa shape index (κ2) is 6.43. The molecule has 104 valence electrons. The highest BCUT2D eigenvalue weighted by Crippen LogP contribution is 2.22. The number of benzene rings is 1. The summed E-state index contributed by atoms with van der Waals surface area (Å²) in [4.78, 5) is 24.8. The molecule has 1 aromatic rings. The third kappa shape index (κ3) is 3.86. The van der Waals surface area contributed by atoms with Crippen LogP contribution in [-0.2, 0) is 9.53 Å². The molecule has 0 bridgehead atoms. The lowest BCUT2D eigenvalue weighted by Gasteiger charge is -2.20. The van der Waals surface area contributed by atoms with Crippen LogP contribution < -0.4 is 0 Å². The minimum Gasteiger partial charge on any atom is -0.508 e. The van der Waals surface area contributed by atoms with Crippen LogP contribution >= 0.6 is 11.6 Å². The summed E-state index contributed by atoms with van der Waals surface area (Å²) in [5.41, 5.74) is 0.196. The van der Waals surface area contributed by atoms with E-state index in [1.54, 1.807) is 14.0 Å². The van der Waals surface area contributed by atoms with Gasteiger partial charge in [0.1, 0.15) is 5.75 Å². The fraction of sp³-hybridized carbons (Fsp3) is 0.385. The number of phenols is 1. The number of phenolic OH excluding ortho intramolecular Hbond substituents is 1. The molecule has 1 amide bonds. The van der Waals surface area contributed by atoms with Crippen molar-refractivity contribution in [2.24, 2.45) is 5.92 Å². The first-order valence-electron chi connectivity index (χ1n) is 5.68. The Morgan fingerprint density at radius 1 is 1.47 bits per heavy atom. The zero-order chi connectivity index (χ0) is 14.6. The Morgan fingerprint density at radius 2 is 2.11 bits per heavy atom. The minimum atomic E-state index is -0.435. The molecule has 0 radical (unpaired) electrons. The van der Waals surface area contributed by atoms with Gasteiger partial charge in [0.2, 0.25) is 0 Å². The molecule has 0 aliphatic carbocycles. The van der Waals surface area contributed by atoms with Crippen LogP contribution in [0.2, 0.25) is 5.02 Å². The maximum Gasteiger partial charge on any atom is 0.310 e. The van der Waals surface area contributed by atoms with E-state index < -0.39 is 5.92 Å². The minimum absolute atomic E-state index is 0.0397. The number of ether oxygens (including phenoxy) is 1.